The number of benzene rings is 2. The Bertz CT molecular complexity index is 1110. The highest BCUT2D eigenvalue weighted by Crippen LogP contribution is 2.39. The molecule has 0 bridgehead atoms. The lowest BCUT2D eigenvalue weighted by Gasteiger charge is -2.21. The summed E-state index contributed by atoms with van der Waals surface area (Å²) < 4.78 is 20.0. The van der Waals surface area contributed by atoms with E-state index in [1.165, 1.54) is 12.3 Å². The summed E-state index contributed by atoms with van der Waals surface area (Å²) in [7, 11) is 1.62. The number of hydrogen-bond donors (Lipinski definition) is 1. The van der Waals surface area contributed by atoms with Crippen LogP contribution in [0, 0.1) is 5.82 Å². The third-order valence-corrected chi connectivity index (χ3v) is 4.89. The minimum absolute atomic E-state index is 0.246. The Morgan fingerprint density at radius 3 is 2.89 bits per heavy atom. The van der Waals surface area contributed by atoms with Crippen molar-refractivity contribution < 1.29 is 9.13 Å². The van der Waals surface area contributed by atoms with Gasteiger partial charge >= 0.3 is 0 Å². The zero-order chi connectivity index (χ0) is 19.7. The van der Waals surface area contributed by atoms with Gasteiger partial charge in [0.25, 0.3) is 0 Å². The molecule has 28 heavy (non-hydrogen) atoms. The van der Waals surface area contributed by atoms with Crippen LogP contribution >= 0.6 is 0 Å². The van der Waals surface area contributed by atoms with Gasteiger partial charge in [0, 0.05) is 11.9 Å². The first kappa shape index (κ1) is 18.0. The number of hydrogen-bond acceptors (Lipinski definition) is 5. The van der Waals surface area contributed by atoms with E-state index in [9.17, 15) is 4.39 Å². The van der Waals surface area contributed by atoms with E-state index in [0.717, 1.165) is 28.5 Å². The van der Waals surface area contributed by atoms with E-state index < -0.39 is 0 Å². The van der Waals surface area contributed by atoms with Crippen molar-refractivity contribution in [1.29, 1.82) is 0 Å². The smallest absolute Gasteiger partial charge is 0.157 e. The fraction of sp³-hybridized carbons (Fsp3) is 0.182. The molecular formula is C22H21FN4O. The van der Waals surface area contributed by atoms with Gasteiger partial charge in [-0.15, -0.1) is 0 Å². The summed E-state index contributed by atoms with van der Waals surface area (Å²) in [6.07, 6.45) is 5.82. The highest BCUT2D eigenvalue weighted by Gasteiger charge is 2.27. The molecule has 4 rings (SSSR count). The molecule has 142 valence electrons. The molecule has 0 saturated carbocycles. The maximum Gasteiger partial charge on any atom is 0.157 e. The van der Waals surface area contributed by atoms with Gasteiger partial charge < -0.3 is 15.4 Å². The average Bonchev–Trinajstić information content (AvgIpc) is 3.16. The summed E-state index contributed by atoms with van der Waals surface area (Å²) >= 11 is 0. The molecule has 3 aromatic rings. The molecule has 2 heterocycles. The van der Waals surface area contributed by atoms with Gasteiger partial charge in [-0.05, 0) is 61.0 Å². The molecule has 0 amide bonds. The molecule has 0 aliphatic carbocycles. The predicted octanol–water partition coefficient (Wildman–Crippen LogP) is 4.35. The van der Waals surface area contributed by atoms with Crippen molar-refractivity contribution in [2.75, 3.05) is 18.6 Å². The molecule has 1 aliphatic rings. The van der Waals surface area contributed by atoms with Crippen LogP contribution in [-0.2, 0) is 6.42 Å². The second-order valence-corrected chi connectivity index (χ2v) is 6.64. The molecule has 0 saturated heterocycles. The molecule has 6 heteroatoms. The average molecular weight is 376 g/mol. The van der Waals surface area contributed by atoms with Crippen molar-refractivity contribution in [2.24, 2.45) is 5.73 Å². The van der Waals surface area contributed by atoms with Crippen molar-refractivity contribution in [3.8, 4) is 5.75 Å². The van der Waals surface area contributed by atoms with Crippen LogP contribution in [0.5, 0.6) is 5.75 Å². The molecule has 0 spiro atoms. The number of rotatable bonds is 4. The predicted molar refractivity (Wildman–Crippen MR) is 110 cm³/mol. The standard InChI is InChI=1S/C22H21FN4O/c1-14(5-4-11-24)21-25-19-9-8-16(28-2)13-17(19)22(26-21)27-12-10-15-6-3-7-18(23)20(15)27/h3-9,11,13H,10,12,24H2,1-2H3/b11-4-,14-5+. The number of anilines is 2. The van der Waals surface area contributed by atoms with Crippen LogP contribution in [0.2, 0.25) is 0 Å². The van der Waals surface area contributed by atoms with Crippen LogP contribution in [0.3, 0.4) is 0 Å². The summed E-state index contributed by atoms with van der Waals surface area (Å²) in [6.45, 7) is 2.58. The van der Waals surface area contributed by atoms with Gasteiger partial charge in [0.1, 0.15) is 17.4 Å². The zero-order valence-corrected chi connectivity index (χ0v) is 15.8. The lowest BCUT2D eigenvalue weighted by Crippen LogP contribution is -2.17. The molecule has 1 aromatic heterocycles. The number of nitrogens with two attached hydrogens (primary N) is 1. The van der Waals surface area contributed by atoms with E-state index in [1.54, 1.807) is 19.3 Å². The monoisotopic (exact) mass is 376 g/mol. The van der Waals surface area contributed by atoms with Gasteiger partial charge in [-0.25, -0.2) is 14.4 Å². The fourth-order valence-electron chi connectivity index (χ4n) is 3.49. The maximum absolute atomic E-state index is 14.7. The van der Waals surface area contributed by atoms with Crippen molar-refractivity contribution in [2.45, 2.75) is 13.3 Å². The molecular weight excluding hydrogens is 355 g/mol. The van der Waals surface area contributed by atoms with E-state index >= 15 is 0 Å². The summed E-state index contributed by atoms with van der Waals surface area (Å²) in [5, 5.41) is 0.821. The van der Waals surface area contributed by atoms with Crippen molar-refractivity contribution in [3.63, 3.8) is 0 Å². The molecule has 5 nitrogen and oxygen atoms in total. The van der Waals surface area contributed by atoms with Gasteiger partial charge in [-0.1, -0.05) is 18.2 Å². The topological polar surface area (TPSA) is 64.3 Å². The highest BCUT2D eigenvalue weighted by molar-refractivity contribution is 5.94. The van der Waals surface area contributed by atoms with Crippen LogP contribution in [0.25, 0.3) is 16.5 Å². The molecule has 2 N–H and O–H groups in total. The number of nitrogens with zero attached hydrogens (tertiary/aromatic N) is 3. The lowest BCUT2D eigenvalue weighted by atomic mass is 10.1. The van der Waals surface area contributed by atoms with Crippen molar-refractivity contribution >= 4 is 28.0 Å². The number of halogens is 1. The Kier molecular flexibility index (Phi) is 4.69. The Morgan fingerprint density at radius 1 is 1.25 bits per heavy atom. The summed E-state index contributed by atoms with van der Waals surface area (Å²) in [5.41, 5.74) is 8.65. The second kappa shape index (κ2) is 7.31. The number of fused-ring (bicyclic) bond motifs is 2. The van der Waals surface area contributed by atoms with Crippen molar-refractivity contribution in [1.82, 2.24) is 9.97 Å². The van der Waals surface area contributed by atoms with Crippen LogP contribution in [-0.4, -0.2) is 23.6 Å². The summed E-state index contributed by atoms with van der Waals surface area (Å²) in [4.78, 5) is 11.4. The quantitative estimate of drug-likeness (QED) is 0.686. The summed E-state index contributed by atoms with van der Waals surface area (Å²) in [5.74, 6) is 1.71. The van der Waals surface area contributed by atoms with E-state index in [0.29, 0.717) is 29.6 Å². The minimum Gasteiger partial charge on any atom is -0.497 e. The third kappa shape index (κ3) is 3.07. The van der Waals surface area contributed by atoms with E-state index in [-0.39, 0.29) is 5.82 Å². The van der Waals surface area contributed by atoms with Crippen LogP contribution < -0.4 is 15.4 Å². The molecule has 1 aliphatic heterocycles. The van der Waals surface area contributed by atoms with Crippen molar-refractivity contribution in [3.05, 3.63) is 72.0 Å². The van der Waals surface area contributed by atoms with Gasteiger partial charge in [-0.2, -0.15) is 0 Å². The molecule has 0 radical (unpaired) electrons. The van der Waals surface area contributed by atoms with E-state index in [4.69, 9.17) is 15.5 Å². The number of allylic oxidation sites excluding steroid dienone is 3. The second-order valence-electron chi connectivity index (χ2n) is 6.64. The zero-order valence-electron chi connectivity index (χ0n) is 15.8. The Balaban J connectivity index is 1.96. The highest BCUT2D eigenvalue weighted by atomic mass is 19.1. The van der Waals surface area contributed by atoms with E-state index in [1.807, 2.05) is 42.2 Å². The van der Waals surface area contributed by atoms with Gasteiger partial charge in [0.15, 0.2) is 5.82 Å². The maximum atomic E-state index is 14.7. The largest absolute Gasteiger partial charge is 0.497 e. The number of ether oxygens (including phenoxy) is 1. The van der Waals surface area contributed by atoms with Gasteiger partial charge in [0.2, 0.25) is 0 Å². The van der Waals surface area contributed by atoms with Gasteiger partial charge in [-0.3, -0.25) is 0 Å². The fourth-order valence-corrected chi connectivity index (χ4v) is 3.49. The molecule has 0 unspecified atom stereocenters. The Hall–Kier alpha value is -3.41. The first-order chi connectivity index (χ1) is 13.6. The third-order valence-electron chi connectivity index (χ3n) is 4.89. The SMILES string of the molecule is COc1ccc2nc(/C(C)=C/C=C\N)nc(N3CCc4cccc(F)c43)c2c1. The molecule has 2 aromatic carbocycles. The normalized spacial score (nSPS) is 14.1. The Labute approximate surface area is 163 Å². The molecule has 0 fully saturated rings. The number of para-hydroxylation sites is 1. The van der Waals surface area contributed by atoms with Crippen LogP contribution in [0.15, 0.2) is 54.8 Å². The van der Waals surface area contributed by atoms with Gasteiger partial charge in [0.05, 0.1) is 18.3 Å². The van der Waals surface area contributed by atoms with Crippen LogP contribution in [0.4, 0.5) is 15.9 Å². The number of methoxy groups -OCH3 is 1. The van der Waals surface area contributed by atoms with E-state index in [2.05, 4.69) is 4.98 Å². The Morgan fingerprint density at radius 2 is 2.11 bits per heavy atom. The number of aromatic nitrogens is 2. The minimum atomic E-state index is -0.246. The summed E-state index contributed by atoms with van der Waals surface area (Å²) in [6, 6.07) is 10.8. The lowest BCUT2D eigenvalue weighted by molar-refractivity contribution is 0.415. The first-order valence-electron chi connectivity index (χ1n) is 9.08. The molecule has 0 atom stereocenters. The van der Waals surface area contributed by atoms with Crippen LogP contribution in [0.1, 0.15) is 18.3 Å². The first-order valence-corrected chi connectivity index (χ1v) is 9.08.